The van der Waals surface area contributed by atoms with E-state index in [1.165, 1.54) is 11.8 Å². The molecule has 1 aromatic carbocycles. The summed E-state index contributed by atoms with van der Waals surface area (Å²) >= 11 is 1.37. The molecule has 9 nitrogen and oxygen atoms in total. The number of nitrogens with one attached hydrogen (secondary N) is 2. The SMILES string of the molecule is CCN(CC)c1ccc(NC(=O)c2ccc(NC(=O)CC3SC(N4CCCC4)=NC3=O)cc2)cn1. The van der Waals surface area contributed by atoms with Gasteiger partial charge in [-0.25, -0.2) is 4.98 Å². The number of thioether (sulfide) groups is 1. The summed E-state index contributed by atoms with van der Waals surface area (Å²) in [5.74, 6) is 0.0911. The van der Waals surface area contributed by atoms with Crippen LogP contribution in [0.15, 0.2) is 47.6 Å². The highest BCUT2D eigenvalue weighted by molar-refractivity contribution is 8.15. The second-order valence-corrected chi connectivity index (χ2v) is 9.56. The number of benzene rings is 1. The Morgan fingerprint density at radius 1 is 1.03 bits per heavy atom. The molecular weight excluding hydrogens is 464 g/mol. The smallest absolute Gasteiger partial charge is 0.262 e. The largest absolute Gasteiger partial charge is 0.357 e. The molecule has 4 rings (SSSR count). The number of amides is 3. The van der Waals surface area contributed by atoms with Crippen molar-refractivity contribution in [2.75, 3.05) is 41.7 Å². The molecule has 2 aliphatic heterocycles. The highest BCUT2D eigenvalue weighted by Gasteiger charge is 2.33. The number of hydrogen-bond donors (Lipinski definition) is 2. The summed E-state index contributed by atoms with van der Waals surface area (Å²) in [4.78, 5) is 50.1. The molecule has 2 aromatic rings. The fraction of sp³-hybridized carbons (Fsp3) is 0.400. The van der Waals surface area contributed by atoms with Crippen molar-refractivity contribution in [1.82, 2.24) is 9.88 Å². The Bertz CT molecular complexity index is 1090. The molecule has 1 fully saturated rings. The van der Waals surface area contributed by atoms with E-state index in [0.717, 1.165) is 50.0 Å². The molecule has 10 heteroatoms. The lowest BCUT2D eigenvalue weighted by Gasteiger charge is -2.19. The maximum atomic E-state index is 12.6. The van der Waals surface area contributed by atoms with Crippen molar-refractivity contribution in [3.63, 3.8) is 0 Å². The Balaban J connectivity index is 1.27. The normalized spacial score (nSPS) is 17.3. The van der Waals surface area contributed by atoms with Gasteiger partial charge in [-0.15, -0.1) is 0 Å². The number of hydrogen-bond acceptors (Lipinski definition) is 7. The van der Waals surface area contributed by atoms with Crippen LogP contribution in [0.2, 0.25) is 0 Å². The van der Waals surface area contributed by atoms with Gasteiger partial charge in [-0.05, 0) is 63.1 Å². The standard InChI is InChI=1S/C25H30N6O3S/c1-3-30(4-2)21-12-11-19(16-26-21)28-23(33)17-7-9-18(10-8-17)27-22(32)15-20-24(34)29-25(35-20)31-13-5-6-14-31/h7-12,16,20H,3-6,13-15H2,1-2H3,(H,27,32)(H,28,33). The Kier molecular flexibility index (Phi) is 8.02. The topological polar surface area (TPSA) is 107 Å². The number of likely N-dealkylation sites (tertiary alicyclic amines) is 1. The first kappa shape index (κ1) is 24.7. The molecule has 3 amide bonds. The van der Waals surface area contributed by atoms with Crippen molar-refractivity contribution in [1.29, 1.82) is 0 Å². The first-order chi connectivity index (χ1) is 17.0. The number of aromatic nitrogens is 1. The second-order valence-electron chi connectivity index (χ2n) is 8.39. The van der Waals surface area contributed by atoms with Gasteiger partial charge in [0.05, 0.1) is 11.9 Å². The van der Waals surface area contributed by atoms with E-state index >= 15 is 0 Å². The van der Waals surface area contributed by atoms with Crippen LogP contribution in [0.3, 0.4) is 0 Å². The maximum Gasteiger partial charge on any atom is 0.262 e. The van der Waals surface area contributed by atoms with Crippen LogP contribution in [-0.4, -0.2) is 64.2 Å². The zero-order valence-corrected chi connectivity index (χ0v) is 20.8. The third-order valence-electron chi connectivity index (χ3n) is 6.00. The van der Waals surface area contributed by atoms with E-state index in [4.69, 9.17) is 0 Å². The third kappa shape index (κ3) is 6.19. The molecule has 0 aliphatic carbocycles. The molecule has 0 radical (unpaired) electrons. The van der Waals surface area contributed by atoms with Crippen LogP contribution in [0.1, 0.15) is 43.5 Å². The van der Waals surface area contributed by atoms with Gasteiger partial charge in [-0.3, -0.25) is 14.4 Å². The summed E-state index contributed by atoms with van der Waals surface area (Å²) in [6.07, 6.45) is 3.91. The van der Waals surface area contributed by atoms with Crippen molar-refractivity contribution in [3.8, 4) is 0 Å². The minimum atomic E-state index is -0.489. The van der Waals surface area contributed by atoms with Gasteiger partial charge >= 0.3 is 0 Å². The average molecular weight is 495 g/mol. The minimum Gasteiger partial charge on any atom is -0.357 e. The maximum absolute atomic E-state index is 12.6. The number of carbonyl (C=O) groups excluding carboxylic acids is 3. The number of aliphatic imine (C=N–C) groups is 1. The van der Waals surface area contributed by atoms with Crippen molar-refractivity contribution >= 4 is 51.8 Å². The van der Waals surface area contributed by atoms with Gasteiger partial charge in [0.2, 0.25) is 5.91 Å². The quantitative estimate of drug-likeness (QED) is 0.577. The van der Waals surface area contributed by atoms with Gasteiger partial charge in [-0.1, -0.05) is 11.8 Å². The highest BCUT2D eigenvalue weighted by atomic mass is 32.2. The Labute approximate surface area is 209 Å². The van der Waals surface area contributed by atoms with Crippen LogP contribution in [0.5, 0.6) is 0 Å². The molecule has 2 N–H and O–H groups in total. The van der Waals surface area contributed by atoms with Crippen LogP contribution < -0.4 is 15.5 Å². The Morgan fingerprint density at radius 2 is 1.71 bits per heavy atom. The molecule has 184 valence electrons. The number of nitrogens with zero attached hydrogens (tertiary/aromatic N) is 4. The molecule has 35 heavy (non-hydrogen) atoms. The van der Waals surface area contributed by atoms with E-state index in [1.807, 2.05) is 12.1 Å². The van der Waals surface area contributed by atoms with Crippen molar-refractivity contribution < 1.29 is 14.4 Å². The fourth-order valence-electron chi connectivity index (χ4n) is 4.04. The molecule has 1 aromatic heterocycles. The molecule has 1 atom stereocenters. The Morgan fingerprint density at radius 3 is 2.34 bits per heavy atom. The predicted molar refractivity (Wildman–Crippen MR) is 140 cm³/mol. The lowest BCUT2D eigenvalue weighted by atomic mass is 10.2. The molecule has 0 saturated carbocycles. The predicted octanol–water partition coefficient (Wildman–Crippen LogP) is 3.60. The lowest BCUT2D eigenvalue weighted by molar-refractivity contribution is -0.121. The first-order valence-electron chi connectivity index (χ1n) is 11.9. The number of amidine groups is 1. The number of anilines is 3. The van der Waals surface area contributed by atoms with Gasteiger partial charge < -0.3 is 20.4 Å². The zero-order valence-electron chi connectivity index (χ0n) is 20.0. The van der Waals surface area contributed by atoms with Gasteiger partial charge in [0.15, 0.2) is 5.17 Å². The molecule has 2 aliphatic rings. The van der Waals surface area contributed by atoms with Gasteiger partial charge in [0.1, 0.15) is 11.1 Å². The third-order valence-corrected chi connectivity index (χ3v) is 7.21. The van der Waals surface area contributed by atoms with Crippen LogP contribution >= 0.6 is 11.8 Å². The van der Waals surface area contributed by atoms with Crippen molar-refractivity contribution in [2.45, 2.75) is 38.4 Å². The van der Waals surface area contributed by atoms with Crippen LogP contribution in [0.4, 0.5) is 17.2 Å². The van der Waals surface area contributed by atoms with Crippen LogP contribution in [0, 0.1) is 0 Å². The van der Waals surface area contributed by atoms with E-state index in [1.54, 1.807) is 30.5 Å². The van der Waals surface area contributed by atoms with Gasteiger partial charge in [0, 0.05) is 43.9 Å². The molecule has 1 saturated heterocycles. The number of rotatable bonds is 8. The van der Waals surface area contributed by atoms with E-state index in [-0.39, 0.29) is 24.1 Å². The summed E-state index contributed by atoms with van der Waals surface area (Å²) in [5, 5.41) is 5.88. The summed E-state index contributed by atoms with van der Waals surface area (Å²) in [5.41, 5.74) is 1.63. The molecule has 0 bridgehead atoms. The summed E-state index contributed by atoms with van der Waals surface area (Å²) in [7, 11) is 0. The molecule has 3 heterocycles. The monoisotopic (exact) mass is 494 g/mol. The highest BCUT2D eigenvalue weighted by Crippen LogP contribution is 2.29. The lowest BCUT2D eigenvalue weighted by Crippen LogP contribution is -2.25. The van der Waals surface area contributed by atoms with Crippen LogP contribution in [0.25, 0.3) is 0 Å². The molecule has 0 spiro atoms. The van der Waals surface area contributed by atoms with E-state index < -0.39 is 5.25 Å². The summed E-state index contributed by atoms with van der Waals surface area (Å²) in [6.45, 7) is 7.69. The molecule has 1 unspecified atom stereocenters. The first-order valence-corrected chi connectivity index (χ1v) is 12.8. The van der Waals surface area contributed by atoms with Crippen molar-refractivity contribution in [2.24, 2.45) is 4.99 Å². The summed E-state index contributed by atoms with van der Waals surface area (Å²) in [6, 6.07) is 10.3. The van der Waals surface area contributed by atoms with Gasteiger partial charge in [0.25, 0.3) is 11.8 Å². The number of pyridine rings is 1. The zero-order chi connectivity index (χ0) is 24.8. The van der Waals surface area contributed by atoms with Gasteiger partial charge in [-0.2, -0.15) is 4.99 Å². The Hall–Kier alpha value is -3.40. The fourth-order valence-corrected chi connectivity index (χ4v) is 5.15. The van der Waals surface area contributed by atoms with E-state index in [9.17, 15) is 14.4 Å². The number of carbonyl (C=O) groups is 3. The second kappa shape index (κ2) is 11.4. The van der Waals surface area contributed by atoms with Crippen LogP contribution in [-0.2, 0) is 9.59 Å². The van der Waals surface area contributed by atoms with E-state index in [2.05, 4.69) is 44.3 Å². The molecular formula is C25H30N6O3S. The van der Waals surface area contributed by atoms with E-state index in [0.29, 0.717) is 16.9 Å². The summed E-state index contributed by atoms with van der Waals surface area (Å²) < 4.78 is 0. The average Bonchev–Trinajstić information content (AvgIpc) is 3.52. The minimum absolute atomic E-state index is 0.0586. The van der Waals surface area contributed by atoms with Crippen molar-refractivity contribution in [3.05, 3.63) is 48.2 Å².